The molecule has 0 N–H and O–H groups in total. The predicted molar refractivity (Wildman–Crippen MR) is 107 cm³/mol. The zero-order valence-corrected chi connectivity index (χ0v) is 16.4. The molecule has 0 saturated heterocycles. The fourth-order valence-corrected chi connectivity index (χ4v) is 3.35. The SMILES string of the molecule is CCc1nc(COC(=O)/C(=C/c2ccco2)n2nnnc2-c2ccccc2)cs1. The summed E-state index contributed by atoms with van der Waals surface area (Å²) in [4.78, 5) is 17.3. The number of carbonyl (C=O) groups excluding carboxylic acids is 1. The smallest absolute Gasteiger partial charge is 0.357 e. The van der Waals surface area contributed by atoms with Gasteiger partial charge in [0.05, 0.1) is 17.0 Å². The molecule has 0 aliphatic carbocycles. The minimum atomic E-state index is -0.586. The Morgan fingerprint density at radius 1 is 1.24 bits per heavy atom. The molecular formula is C20H17N5O3S. The van der Waals surface area contributed by atoms with Crippen molar-refractivity contribution in [3.05, 3.63) is 70.6 Å². The van der Waals surface area contributed by atoms with Crippen LogP contribution in [0.4, 0.5) is 0 Å². The van der Waals surface area contributed by atoms with Gasteiger partial charge in [-0.1, -0.05) is 37.3 Å². The summed E-state index contributed by atoms with van der Waals surface area (Å²) in [5.41, 5.74) is 1.61. The van der Waals surface area contributed by atoms with E-state index in [1.54, 1.807) is 29.5 Å². The third kappa shape index (κ3) is 4.30. The first-order chi connectivity index (χ1) is 14.2. The largest absolute Gasteiger partial charge is 0.465 e. The summed E-state index contributed by atoms with van der Waals surface area (Å²) in [6.07, 6.45) is 3.91. The average Bonchev–Trinajstić information content (AvgIpc) is 3.52. The van der Waals surface area contributed by atoms with Gasteiger partial charge < -0.3 is 9.15 Å². The van der Waals surface area contributed by atoms with E-state index in [2.05, 4.69) is 20.5 Å². The van der Waals surface area contributed by atoms with Crippen LogP contribution in [0.5, 0.6) is 0 Å². The van der Waals surface area contributed by atoms with Crippen LogP contribution in [0.25, 0.3) is 23.2 Å². The third-order valence-corrected chi connectivity index (χ3v) is 5.06. The first-order valence-corrected chi connectivity index (χ1v) is 9.82. The zero-order valence-electron chi connectivity index (χ0n) is 15.6. The summed E-state index contributed by atoms with van der Waals surface area (Å²) in [7, 11) is 0. The number of thiazole rings is 1. The summed E-state index contributed by atoms with van der Waals surface area (Å²) >= 11 is 1.54. The van der Waals surface area contributed by atoms with E-state index in [9.17, 15) is 4.79 Å². The molecule has 8 nitrogen and oxygen atoms in total. The molecule has 0 radical (unpaired) electrons. The molecule has 0 spiro atoms. The molecule has 0 aliphatic heterocycles. The van der Waals surface area contributed by atoms with E-state index in [1.165, 1.54) is 10.9 Å². The first kappa shape index (κ1) is 18.8. The number of aromatic nitrogens is 5. The lowest BCUT2D eigenvalue weighted by Gasteiger charge is -2.09. The lowest BCUT2D eigenvalue weighted by atomic mass is 10.2. The maximum atomic E-state index is 12.9. The lowest BCUT2D eigenvalue weighted by Crippen LogP contribution is -2.15. The van der Waals surface area contributed by atoms with Crippen molar-refractivity contribution >= 4 is 29.1 Å². The zero-order chi connectivity index (χ0) is 20.1. The summed E-state index contributed by atoms with van der Waals surface area (Å²) in [6.45, 7) is 2.09. The van der Waals surface area contributed by atoms with Gasteiger partial charge in [-0.15, -0.1) is 16.4 Å². The van der Waals surface area contributed by atoms with Gasteiger partial charge in [0, 0.05) is 17.0 Å². The third-order valence-electron chi connectivity index (χ3n) is 4.01. The van der Waals surface area contributed by atoms with Gasteiger partial charge in [-0.05, 0) is 29.0 Å². The molecule has 3 aromatic heterocycles. The van der Waals surface area contributed by atoms with E-state index in [0.29, 0.717) is 17.3 Å². The molecule has 0 unspecified atom stereocenters. The van der Waals surface area contributed by atoms with Crippen LogP contribution in [0, 0.1) is 0 Å². The van der Waals surface area contributed by atoms with Crippen LogP contribution in [0.1, 0.15) is 23.4 Å². The number of hydrogen-bond donors (Lipinski definition) is 0. The predicted octanol–water partition coefficient (Wildman–Crippen LogP) is 3.69. The van der Waals surface area contributed by atoms with Crippen LogP contribution in [-0.2, 0) is 22.6 Å². The summed E-state index contributed by atoms with van der Waals surface area (Å²) < 4.78 is 12.2. The number of nitrogens with zero attached hydrogens (tertiary/aromatic N) is 5. The Morgan fingerprint density at radius 3 is 2.83 bits per heavy atom. The molecule has 0 atom stereocenters. The van der Waals surface area contributed by atoms with E-state index >= 15 is 0 Å². The number of carbonyl (C=O) groups is 1. The minimum Gasteiger partial charge on any atom is -0.465 e. The van der Waals surface area contributed by atoms with Gasteiger partial charge in [0.15, 0.2) is 11.5 Å². The van der Waals surface area contributed by atoms with E-state index in [1.807, 2.05) is 42.6 Å². The minimum absolute atomic E-state index is 0.0631. The highest BCUT2D eigenvalue weighted by Gasteiger charge is 2.21. The number of benzene rings is 1. The van der Waals surface area contributed by atoms with Crippen LogP contribution in [0.15, 0.2) is 58.5 Å². The lowest BCUT2D eigenvalue weighted by molar-refractivity contribution is -0.138. The Labute approximate surface area is 170 Å². The Balaban J connectivity index is 1.65. The topological polar surface area (TPSA) is 95.9 Å². The quantitative estimate of drug-likeness (QED) is 0.340. The van der Waals surface area contributed by atoms with Gasteiger partial charge in [0.25, 0.3) is 0 Å². The van der Waals surface area contributed by atoms with Gasteiger partial charge in [0.2, 0.25) is 0 Å². The number of tetrazole rings is 1. The highest BCUT2D eigenvalue weighted by atomic mass is 32.1. The normalized spacial score (nSPS) is 11.6. The highest BCUT2D eigenvalue weighted by Crippen LogP contribution is 2.22. The molecule has 4 aromatic rings. The number of esters is 1. The molecule has 9 heteroatoms. The Hall–Kier alpha value is -3.59. The van der Waals surface area contributed by atoms with Gasteiger partial charge in [0.1, 0.15) is 12.4 Å². The van der Waals surface area contributed by atoms with Gasteiger partial charge >= 0.3 is 5.97 Å². The van der Waals surface area contributed by atoms with Crippen LogP contribution in [0.3, 0.4) is 0 Å². The molecule has 29 heavy (non-hydrogen) atoms. The van der Waals surface area contributed by atoms with Crippen molar-refractivity contribution in [1.29, 1.82) is 0 Å². The fraction of sp³-hybridized carbons (Fsp3) is 0.150. The number of ether oxygens (including phenoxy) is 1. The van der Waals surface area contributed by atoms with Gasteiger partial charge in [-0.25, -0.2) is 9.78 Å². The molecule has 0 bridgehead atoms. The molecule has 4 rings (SSSR count). The van der Waals surface area contributed by atoms with Crippen molar-refractivity contribution < 1.29 is 13.9 Å². The summed E-state index contributed by atoms with van der Waals surface area (Å²) in [6, 6.07) is 12.8. The van der Waals surface area contributed by atoms with E-state index in [4.69, 9.17) is 9.15 Å². The van der Waals surface area contributed by atoms with Gasteiger partial charge in [-0.3, -0.25) is 0 Å². The second kappa shape index (κ2) is 8.61. The molecular weight excluding hydrogens is 390 g/mol. The van der Waals surface area contributed by atoms with Crippen LogP contribution in [-0.4, -0.2) is 31.2 Å². The molecule has 1 aromatic carbocycles. The Kier molecular flexibility index (Phi) is 5.57. The molecule has 3 heterocycles. The second-order valence-corrected chi connectivity index (χ2v) is 6.93. The van der Waals surface area contributed by atoms with Gasteiger partial charge in [-0.2, -0.15) is 4.68 Å². The van der Waals surface area contributed by atoms with Crippen molar-refractivity contribution in [2.75, 3.05) is 0 Å². The molecule has 0 amide bonds. The monoisotopic (exact) mass is 407 g/mol. The highest BCUT2D eigenvalue weighted by molar-refractivity contribution is 7.09. The Morgan fingerprint density at radius 2 is 2.10 bits per heavy atom. The number of hydrogen-bond acceptors (Lipinski definition) is 8. The van der Waals surface area contributed by atoms with Crippen LogP contribution >= 0.6 is 11.3 Å². The van der Waals surface area contributed by atoms with Crippen molar-refractivity contribution in [3.8, 4) is 11.4 Å². The fourth-order valence-electron chi connectivity index (χ4n) is 2.62. The Bertz CT molecular complexity index is 1120. The first-order valence-electron chi connectivity index (χ1n) is 8.94. The maximum Gasteiger partial charge on any atom is 0.357 e. The molecule has 0 saturated carbocycles. The van der Waals surface area contributed by atoms with Crippen molar-refractivity contribution in [1.82, 2.24) is 25.2 Å². The summed E-state index contributed by atoms with van der Waals surface area (Å²) in [5.74, 6) is 0.313. The average molecular weight is 407 g/mol. The van der Waals surface area contributed by atoms with E-state index in [-0.39, 0.29) is 12.3 Å². The molecule has 0 fully saturated rings. The molecule has 0 aliphatic rings. The number of furan rings is 1. The summed E-state index contributed by atoms with van der Waals surface area (Å²) in [5, 5.41) is 14.7. The maximum absolute atomic E-state index is 12.9. The number of rotatable bonds is 7. The molecule has 146 valence electrons. The second-order valence-electron chi connectivity index (χ2n) is 5.99. The van der Waals surface area contributed by atoms with E-state index < -0.39 is 5.97 Å². The van der Waals surface area contributed by atoms with Crippen molar-refractivity contribution in [2.24, 2.45) is 0 Å². The van der Waals surface area contributed by atoms with Crippen LogP contribution in [0.2, 0.25) is 0 Å². The van der Waals surface area contributed by atoms with E-state index in [0.717, 1.165) is 17.0 Å². The van der Waals surface area contributed by atoms with Crippen molar-refractivity contribution in [3.63, 3.8) is 0 Å². The standard InChI is InChI=1S/C20H17N5O3S/c1-2-18-21-15(13-29-18)12-28-20(26)17(11-16-9-6-10-27-16)25-19(22-23-24-25)14-7-4-3-5-8-14/h3-11,13H,2,12H2,1H3/b17-11-. The van der Waals surface area contributed by atoms with Crippen molar-refractivity contribution in [2.45, 2.75) is 20.0 Å². The number of aryl methyl sites for hydroxylation is 1. The van der Waals surface area contributed by atoms with Crippen LogP contribution < -0.4 is 0 Å².